The van der Waals surface area contributed by atoms with Gasteiger partial charge in [0.15, 0.2) is 0 Å². The van der Waals surface area contributed by atoms with Gasteiger partial charge in [0, 0.05) is 6.42 Å². The van der Waals surface area contributed by atoms with Crippen LogP contribution in [-0.4, -0.2) is 23.0 Å². The summed E-state index contributed by atoms with van der Waals surface area (Å²) in [7, 11) is 0. The van der Waals surface area contributed by atoms with E-state index in [2.05, 4.69) is 5.32 Å². The lowest BCUT2D eigenvalue weighted by molar-refractivity contribution is -0.143. The zero-order valence-corrected chi connectivity index (χ0v) is 9.32. The maximum atomic E-state index is 11.5. The summed E-state index contributed by atoms with van der Waals surface area (Å²) in [5, 5.41) is 11.5. The summed E-state index contributed by atoms with van der Waals surface area (Å²) >= 11 is 0. The molecule has 1 fully saturated rings. The van der Waals surface area contributed by atoms with Crippen molar-refractivity contribution in [1.29, 1.82) is 0 Å². The average molecular weight is 213 g/mol. The summed E-state index contributed by atoms with van der Waals surface area (Å²) < 4.78 is 0. The van der Waals surface area contributed by atoms with E-state index in [1.165, 1.54) is 6.42 Å². The number of carbonyl (C=O) groups is 2. The first kappa shape index (κ1) is 12.0. The third-order valence-corrected chi connectivity index (χ3v) is 2.95. The number of rotatable bonds is 5. The maximum Gasteiger partial charge on any atom is 0.326 e. The molecule has 1 aliphatic carbocycles. The number of nitrogens with one attached hydrogen (secondary N) is 1. The summed E-state index contributed by atoms with van der Waals surface area (Å²) in [6.45, 7) is 3.59. The monoisotopic (exact) mass is 213 g/mol. The molecule has 0 bridgehead atoms. The minimum Gasteiger partial charge on any atom is -0.480 e. The molecule has 0 aromatic heterocycles. The minimum atomic E-state index is -0.952. The minimum absolute atomic E-state index is 0.0761. The molecule has 15 heavy (non-hydrogen) atoms. The van der Waals surface area contributed by atoms with E-state index < -0.39 is 12.0 Å². The Hall–Kier alpha value is -1.06. The molecule has 86 valence electrons. The summed E-state index contributed by atoms with van der Waals surface area (Å²) in [6.07, 6.45) is 3.89. The molecule has 1 aliphatic rings. The van der Waals surface area contributed by atoms with Crippen molar-refractivity contribution >= 4 is 11.9 Å². The van der Waals surface area contributed by atoms with E-state index in [9.17, 15) is 9.59 Å². The molecule has 0 aliphatic heterocycles. The van der Waals surface area contributed by atoms with Gasteiger partial charge in [-0.05, 0) is 24.7 Å². The van der Waals surface area contributed by atoms with Crippen molar-refractivity contribution in [1.82, 2.24) is 5.32 Å². The van der Waals surface area contributed by atoms with Gasteiger partial charge in [0.2, 0.25) is 5.91 Å². The number of hydrogen-bond acceptors (Lipinski definition) is 2. The van der Waals surface area contributed by atoms with Crippen molar-refractivity contribution in [2.45, 2.75) is 45.6 Å². The average Bonchev–Trinajstić information content (AvgIpc) is 2.06. The predicted octanol–water partition coefficient (Wildman–Crippen LogP) is 1.40. The van der Waals surface area contributed by atoms with Crippen LogP contribution < -0.4 is 5.32 Å². The van der Waals surface area contributed by atoms with Gasteiger partial charge in [-0.25, -0.2) is 4.79 Å². The first-order valence-electron chi connectivity index (χ1n) is 5.53. The Morgan fingerprint density at radius 3 is 2.33 bits per heavy atom. The van der Waals surface area contributed by atoms with Gasteiger partial charge in [-0.2, -0.15) is 0 Å². The van der Waals surface area contributed by atoms with Crippen LogP contribution in [0.1, 0.15) is 39.5 Å². The summed E-state index contributed by atoms with van der Waals surface area (Å²) in [4.78, 5) is 22.3. The molecule has 1 atom stereocenters. The second kappa shape index (κ2) is 5.14. The first-order chi connectivity index (χ1) is 7.00. The summed E-state index contributed by atoms with van der Waals surface area (Å²) in [5.74, 6) is -0.674. The van der Waals surface area contributed by atoms with Crippen molar-refractivity contribution in [3.05, 3.63) is 0 Å². The van der Waals surface area contributed by atoms with Crippen LogP contribution >= 0.6 is 0 Å². The van der Waals surface area contributed by atoms with Gasteiger partial charge in [0.1, 0.15) is 6.04 Å². The fourth-order valence-electron chi connectivity index (χ4n) is 1.71. The SMILES string of the molecule is CC(C)[C@H](NC(=O)CC1CCC1)C(=O)O. The van der Waals surface area contributed by atoms with Crippen LogP contribution in [-0.2, 0) is 9.59 Å². The van der Waals surface area contributed by atoms with E-state index in [-0.39, 0.29) is 11.8 Å². The highest BCUT2D eigenvalue weighted by molar-refractivity contribution is 5.83. The number of carbonyl (C=O) groups excluding carboxylic acids is 1. The molecule has 0 radical (unpaired) electrons. The third-order valence-electron chi connectivity index (χ3n) is 2.95. The number of aliphatic carboxylic acids is 1. The molecular weight excluding hydrogens is 194 g/mol. The molecule has 1 saturated carbocycles. The Balaban J connectivity index is 2.36. The predicted molar refractivity (Wildman–Crippen MR) is 56.4 cm³/mol. The highest BCUT2D eigenvalue weighted by Crippen LogP contribution is 2.29. The fraction of sp³-hybridized carbons (Fsp3) is 0.818. The lowest BCUT2D eigenvalue weighted by Crippen LogP contribution is -2.45. The lowest BCUT2D eigenvalue weighted by atomic mass is 9.83. The van der Waals surface area contributed by atoms with E-state index >= 15 is 0 Å². The molecule has 4 heteroatoms. The molecule has 1 amide bonds. The third kappa shape index (κ3) is 3.53. The maximum absolute atomic E-state index is 11.5. The Labute approximate surface area is 90.0 Å². The summed E-state index contributed by atoms with van der Waals surface area (Å²) in [6, 6.07) is -0.752. The smallest absolute Gasteiger partial charge is 0.326 e. The van der Waals surface area contributed by atoms with Crippen LogP contribution in [0.5, 0.6) is 0 Å². The lowest BCUT2D eigenvalue weighted by Gasteiger charge is -2.26. The second-order valence-electron chi connectivity index (χ2n) is 4.63. The highest BCUT2D eigenvalue weighted by atomic mass is 16.4. The summed E-state index contributed by atoms with van der Waals surface area (Å²) in [5.41, 5.74) is 0. The number of carboxylic acids is 1. The molecule has 0 spiro atoms. The number of hydrogen-bond donors (Lipinski definition) is 2. The van der Waals surface area contributed by atoms with E-state index in [1.807, 2.05) is 0 Å². The van der Waals surface area contributed by atoms with E-state index in [4.69, 9.17) is 5.11 Å². The van der Waals surface area contributed by atoms with Gasteiger partial charge in [-0.3, -0.25) is 4.79 Å². The van der Waals surface area contributed by atoms with Crippen LogP contribution in [0.15, 0.2) is 0 Å². The Bertz CT molecular complexity index is 246. The molecular formula is C11H19NO3. The number of amides is 1. The molecule has 2 N–H and O–H groups in total. The fourth-order valence-corrected chi connectivity index (χ4v) is 1.71. The van der Waals surface area contributed by atoms with Crippen molar-refractivity contribution in [2.24, 2.45) is 11.8 Å². The molecule has 0 aromatic carbocycles. The Morgan fingerprint density at radius 2 is 2.00 bits per heavy atom. The van der Waals surface area contributed by atoms with Gasteiger partial charge in [-0.1, -0.05) is 20.3 Å². The Kier molecular flexibility index (Phi) is 4.12. The molecule has 4 nitrogen and oxygen atoms in total. The van der Waals surface area contributed by atoms with Crippen molar-refractivity contribution in [2.75, 3.05) is 0 Å². The van der Waals surface area contributed by atoms with E-state index in [1.54, 1.807) is 13.8 Å². The van der Waals surface area contributed by atoms with Crippen molar-refractivity contribution in [3.63, 3.8) is 0 Å². The second-order valence-corrected chi connectivity index (χ2v) is 4.63. The quantitative estimate of drug-likeness (QED) is 0.725. The van der Waals surface area contributed by atoms with Gasteiger partial charge in [0.05, 0.1) is 0 Å². The first-order valence-corrected chi connectivity index (χ1v) is 5.53. The van der Waals surface area contributed by atoms with Crippen LogP contribution in [0.4, 0.5) is 0 Å². The molecule has 0 saturated heterocycles. The van der Waals surface area contributed by atoms with Gasteiger partial charge in [0.25, 0.3) is 0 Å². The van der Waals surface area contributed by atoms with Crippen LogP contribution in [0, 0.1) is 11.8 Å². The van der Waals surface area contributed by atoms with Gasteiger partial charge in [-0.15, -0.1) is 0 Å². The van der Waals surface area contributed by atoms with Crippen LogP contribution in [0.25, 0.3) is 0 Å². The topological polar surface area (TPSA) is 66.4 Å². The van der Waals surface area contributed by atoms with E-state index in [0.29, 0.717) is 12.3 Å². The number of carboxylic acid groups (broad SMARTS) is 1. The Morgan fingerprint density at radius 1 is 1.40 bits per heavy atom. The van der Waals surface area contributed by atoms with Gasteiger partial charge < -0.3 is 10.4 Å². The van der Waals surface area contributed by atoms with Crippen LogP contribution in [0.3, 0.4) is 0 Å². The van der Waals surface area contributed by atoms with Crippen LogP contribution in [0.2, 0.25) is 0 Å². The molecule has 1 rings (SSSR count). The molecule has 0 unspecified atom stereocenters. The van der Waals surface area contributed by atoms with Gasteiger partial charge >= 0.3 is 5.97 Å². The normalized spacial score (nSPS) is 18.3. The largest absolute Gasteiger partial charge is 0.480 e. The standard InChI is InChI=1S/C11H19NO3/c1-7(2)10(11(14)15)12-9(13)6-8-4-3-5-8/h7-8,10H,3-6H2,1-2H3,(H,12,13)(H,14,15)/t10-/m0/s1. The van der Waals surface area contributed by atoms with Crippen molar-refractivity contribution in [3.8, 4) is 0 Å². The highest BCUT2D eigenvalue weighted by Gasteiger charge is 2.26. The van der Waals surface area contributed by atoms with Crippen molar-refractivity contribution < 1.29 is 14.7 Å². The zero-order chi connectivity index (χ0) is 11.4. The molecule has 0 aromatic rings. The zero-order valence-electron chi connectivity index (χ0n) is 9.32. The van der Waals surface area contributed by atoms with E-state index in [0.717, 1.165) is 12.8 Å². The molecule has 0 heterocycles.